The van der Waals surface area contributed by atoms with E-state index in [1.54, 1.807) is 17.0 Å². The average Bonchev–Trinajstić information content (AvgIpc) is 2.32. The molecular formula is C13H15Cl2NO3. The highest BCUT2D eigenvalue weighted by molar-refractivity contribution is 6.30. The van der Waals surface area contributed by atoms with Crippen LogP contribution in [0.1, 0.15) is 18.4 Å². The summed E-state index contributed by atoms with van der Waals surface area (Å²) in [5, 5.41) is 9.78. The van der Waals surface area contributed by atoms with Gasteiger partial charge >= 0.3 is 5.97 Å². The van der Waals surface area contributed by atoms with Crippen molar-refractivity contribution in [1.29, 1.82) is 0 Å². The highest BCUT2D eigenvalue weighted by atomic mass is 35.5. The zero-order valence-electron chi connectivity index (χ0n) is 10.2. The van der Waals surface area contributed by atoms with Crippen LogP contribution in [0.2, 0.25) is 5.02 Å². The second-order valence-corrected chi connectivity index (χ2v) is 4.90. The fourth-order valence-electron chi connectivity index (χ4n) is 2.17. The van der Waals surface area contributed by atoms with E-state index in [0.717, 1.165) is 5.56 Å². The van der Waals surface area contributed by atoms with Gasteiger partial charge in [-0.3, -0.25) is 14.5 Å². The SMILES string of the molecule is Cl.O=C1CC[C@@H](C(=O)O)N(Cc2ccc(Cl)cc2)C1. The number of carbonyl (C=O) groups excluding carboxylic acids is 1. The van der Waals surface area contributed by atoms with Gasteiger partial charge in [0.15, 0.2) is 0 Å². The molecule has 1 aliphatic rings. The highest BCUT2D eigenvalue weighted by Crippen LogP contribution is 2.19. The molecule has 1 aromatic carbocycles. The average molecular weight is 304 g/mol. The molecule has 1 N–H and O–H groups in total. The maximum absolute atomic E-state index is 11.4. The molecule has 2 rings (SSSR count). The number of rotatable bonds is 3. The maximum atomic E-state index is 11.4. The van der Waals surface area contributed by atoms with Crippen LogP contribution in [-0.2, 0) is 16.1 Å². The minimum absolute atomic E-state index is 0. The highest BCUT2D eigenvalue weighted by Gasteiger charge is 2.31. The Morgan fingerprint density at radius 1 is 1.37 bits per heavy atom. The number of piperidine rings is 1. The molecule has 0 aliphatic carbocycles. The summed E-state index contributed by atoms with van der Waals surface area (Å²) in [5.41, 5.74) is 0.959. The second-order valence-electron chi connectivity index (χ2n) is 4.46. The Hall–Kier alpha value is -1.10. The molecule has 1 aromatic rings. The monoisotopic (exact) mass is 303 g/mol. The number of hydrogen-bond acceptors (Lipinski definition) is 3. The maximum Gasteiger partial charge on any atom is 0.320 e. The first-order valence-corrected chi connectivity index (χ1v) is 6.17. The first-order valence-electron chi connectivity index (χ1n) is 5.79. The van der Waals surface area contributed by atoms with Crippen LogP contribution in [0.25, 0.3) is 0 Å². The van der Waals surface area contributed by atoms with Crippen molar-refractivity contribution in [1.82, 2.24) is 4.90 Å². The Labute approximate surface area is 122 Å². The fraction of sp³-hybridized carbons (Fsp3) is 0.385. The van der Waals surface area contributed by atoms with Crippen LogP contribution in [0.15, 0.2) is 24.3 Å². The van der Waals surface area contributed by atoms with Crippen LogP contribution in [0, 0.1) is 0 Å². The zero-order chi connectivity index (χ0) is 13.1. The molecule has 0 radical (unpaired) electrons. The predicted octanol–water partition coefficient (Wildman–Crippen LogP) is 2.38. The molecule has 0 bridgehead atoms. The zero-order valence-corrected chi connectivity index (χ0v) is 11.8. The Morgan fingerprint density at radius 3 is 2.58 bits per heavy atom. The third kappa shape index (κ3) is 4.20. The molecule has 1 saturated heterocycles. The second kappa shape index (κ2) is 6.89. The number of aliphatic carboxylic acids is 1. The molecule has 1 fully saturated rings. The van der Waals surface area contributed by atoms with Crippen LogP contribution in [0.3, 0.4) is 0 Å². The van der Waals surface area contributed by atoms with E-state index >= 15 is 0 Å². The number of carboxylic acid groups (broad SMARTS) is 1. The van der Waals surface area contributed by atoms with Crippen LogP contribution >= 0.6 is 24.0 Å². The lowest BCUT2D eigenvalue weighted by molar-refractivity contribution is -0.146. The molecule has 6 heteroatoms. The van der Waals surface area contributed by atoms with Crippen LogP contribution in [0.5, 0.6) is 0 Å². The lowest BCUT2D eigenvalue weighted by atomic mass is 10.0. The van der Waals surface area contributed by atoms with Crippen molar-refractivity contribution in [3.8, 4) is 0 Å². The number of nitrogens with zero attached hydrogens (tertiary/aromatic N) is 1. The number of hydrogen-bond donors (Lipinski definition) is 1. The van der Waals surface area contributed by atoms with Crippen LogP contribution in [-0.4, -0.2) is 34.3 Å². The van der Waals surface area contributed by atoms with Crippen molar-refractivity contribution in [2.75, 3.05) is 6.54 Å². The van der Waals surface area contributed by atoms with Gasteiger partial charge in [0.25, 0.3) is 0 Å². The summed E-state index contributed by atoms with van der Waals surface area (Å²) in [5.74, 6) is -0.766. The quantitative estimate of drug-likeness (QED) is 0.931. The summed E-state index contributed by atoms with van der Waals surface area (Å²) in [7, 11) is 0. The third-order valence-corrected chi connectivity index (χ3v) is 3.35. The van der Waals surface area contributed by atoms with E-state index in [2.05, 4.69) is 0 Å². The van der Waals surface area contributed by atoms with Gasteiger partial charge in [-0.2, -0.15) is 0 Å². The van der Waals surface area contributed by atoms with Gasteiger partial charge in [-0.05, 0) is 24.1 Å². The Balaban J connectivity index is 0.00000180. The van der Waals surface area contributed by atoms with Crippen molar-refractivity contribution < 1.29 is 14.7 Å². The molecule has 0 saturated carbocycles. The van der Waals surface area contributed by atoms with E-state index in [9.17, 15) is 9.59 Å². The Morgan fingerprint density at radius 2 is 2.00 bits per heavy atom. The smallest absolute Gasteiger partial charge is 0.320 e. The van der Waals surface area contributed by atoms with E-state index < -0.39 is 12.0 Å². The van der Waals surface area contributed by atoms with E-state index in [0.29, 0.717) is 24.4 Å². The number of Topliss-reactive ketones (excluding diaryl/α,β-unsaturated/α-hetero) is 1. The standard InChI is InChI=1S/C13H14ClNO3.ClH/c14-10-3-1-9(2-4-10)7-15-8-11(16)5-6-12(15)13(17)18;/h1-4,12H,5-8H2,(H,17,18);1H/t12-;/m0./s1. The van der Waals surface area contributed by atoms with E-state index in [4.69, 9.17) is 16.7 Å². The molecule has 19 heavy (non-hydrogen) atoms. The molecule has 0 aromatic heterocycles. The Kier molecular flexibility index (Phi) is 5.79. The molecule has 1 atom stereocenters. The minimum Gasteiger partial charge on any atom is -0.480 e. The van der Waals surface area contributed by atoms with Crippen molar-refractivity contribution >= 4 is 35.8 Å². The molecule has 1 aliphatic heterocycles. The van der Waals surface area contributed by atoms with Crippen molar-refractivity contribution in [2.24, 2.45) is 0 Å². The van der Waals surface area contributed by atoms with Crippen LogP contribution in [0.4, 0.5) is 0 Å². The molecule has 4 nitrogen and oxygen atoms in total. The first kappa shape index (κ1) is 16.0. The minimum atomic E-state index is -0.864. The third-order valence-electron chi connectivity index (χ3n) is 3.10. The van der Waals surface area contributed by atoms with Gasteiger partial charge in [0.2, 0.25) is 0 Å². The number of ketones is 1. The Bertz CT molecular complexity index is 461. The fourth-order valence-corrected chi connectivity index (χ4v) is 2.29. The molecule has 0 amide bonds. The van der Waals surface area contributed by atoms with Gasteiger partial charge in [0, 0.05) is 18.0 Å². The number of benzene rings is 1. The lowest BCUT2D eigenvalue weighted by Crippen LogP contribution is -2.47. The number of carbonyl (C=O) groups is 2. The summed E-state index contributed by atoms with van der Waals surface area (Å²) in [6.45, 7) is 0.666. The predicted molar refractivity (Wildman–Crippen MR) is 74.8 cm³/mol. The summed E-state index contributed by atoms with van der Waals surface area (Å²) >= 11 is 5.79. The number of likely N-dealkylation sites (tertiary alicyclic amines) is 1. The number of halogens is 2. The molecule has 1 heterocycles. The normalized spacial score (nSPS) is 19.8. The lowest BCUT2D eigenvalue weighted by Gasteiger charge is -2.31. The van der Waals surface area contributed by atoms with Gasteiger partial charge in [-0.25, -0.2) is 0 Å². The molecule has 104 valence electrons. The van der Waals surface area contributed by atoms with Crippen molar-refractivity contribution in [2.45, 2.75) is 25.4 Å². The topological polar surface area (TPSA) is 57.6 Å². The summed E-state index contributed by atoms with van der Waals surface area (Å²) in [6.07, 6.45) is 0.746. The van der Waals surface area contributed by atoms with Crippen molar-refractivity contribution in [3.63, 3.8) is 0 Å². The summed E-state index contributed by atoms with van der Waals surface area (Å²) in [6, 6.07) is 6.65. The van der Waals surface area contributed by atoms with Gasteiger partial charge in [-0.1, -0.05) is 23.7 Å². The molecule has 0 spiro atoms. The van der Waals surface area contributed by atoms with Gasteiger partial charge < -0.3 is 5.11 Å². The van der Waals surface area contributed by atoms with Gasteiger partial charge in [-0.15, -0.1) is 12.4 Å². The van der Waals surface area contributed by atoms with Gasteiger partial charge in [0.05, 0.1) is 6.54 Å². The largest absolute Gasteiger partial charge is 0.480 e. The van der Waals surface area contributed by atoms with E-state index in [1.165, 1.54) is 0 Å². The number of carboxylic acids is 1. The van der Waals surface area contributed by atoms with Gasteiger partial charge in [0.1, 0.15) is 11.8 Å². The molecular weight excluding hydrogens is 289 g/mol. The molecule has 0 unspecified atom stereocenters. The van der Waals surface area contributed by atoms with Crippen molar-refractivity contribution in [3.05, 3.63) is 34.9 Å². The van der Waals surface area contributed by atoms with E-state index in [-0.39, 0.29) is 24.7 Å². The summed E-state index contributed by atoms with van der Waals surface area (Å²) in [4.78, 5) is 24.3. The van der Waals surface area contributed by atoms with Crippen LogP contribution < -0.4 is 0 Å². The summed E-state index contributed by atoms with van der Waals surface area (Å²) < 4.78 is 0. The first-order chi connectivity index (χ1) is 8.56. The van der Waals surface area contributed by atoms with E-state index in [1.807, 2.05) is 12.1 Å².